The van der Waals surface area contributed by atoms with E-state index in [0.29, 0.717) is 25.0 Å². The fraction of sp³-hybridized carbons (Fsp3) is 0.571. The summed E-state index contributed by atoms with van der Waals surface area (Å²) >= 11 is 10.7. The number of fused-ring (bicyclic) bond motifs is 3. The van der Waals surface area contributed by atoms with Gasteiger partial charge in [-0.15, -0.1) is 68.0 Å². The summed E-state index contributed by atoms with van der Waals surface area (Å²) in [5, 5.41) is 4.42. The molecule has 0 aliphatic rings. The van der Waals surface area contributed by atoms with E-state index in [1.54, 1.807) is 45.3 Å². The van der Waals surface area contributed by atoms with Gasteiger partial charge in [-0.2, -0.15) is 0 Å². The van der Waals surface area contributed by atoms with Crippen LogP contribution in [0.4, 0.5) is 0 Å². The normalized spacial score (nSPS) is 13.8. The molecule has 0 radical (unpaired) electrons. The average molecular weight is 920 g/mol. The molecule has 0 saturated heterocycles. The Hall–Kier alpha value is -2.41. The van der Waals surface area contributed by atoms with E-state index in [1.807, 2.05) is 34.4 Å². The molecule has 0 aliphatic heterocycles. The van der Waals surface area contributed by atoms with Crippen molar-refractivity contribution in [2.45, 2.75) is 145 Å². The van der Waals surface area contributed by atoms with Crippen LogP contribution in [0.3, 0.4) is 0 Å². The minimum Gasteiger partial charge on any atom is -0.491 e. The lowest BCUT2D eigenvalue weighted by molar-refractivity contribution is 0.277. The van der Waals surface area contributed by atoms with E-state index in [1.165, 1.54) is 77.5 Å². The summed E-state index contributed by atoms with van der Waals surface area (Å²) in [6.07, 6.45) is 13.8. The predicted octanol–water partition coefficient (Wildman–Crippen LogP) is 17.8. The van der Waals surface area contributed by atoms with Crippen molar-refractivity contribution in [2.24, 2.45) is 23.7 Å². The van der Waals surface area contributed by atoms with Gasteiger partial charge in [-0.1, -0.05) is 122 Å². The standard InChI is InChI=1S/C49H65N3O2S6/c1-28(2)15-13-17-30(5)19-21-53-39-32-23-34(35-25-50-47(57-35)45-43-38(52-27-55-43)44(60-45)46-51-26-37(59-46)49(10,11)12)56-41(32)40(33-24-36(48(7,8)9)58-42(33)39)54-22-20-31(6)18-14-16-29(3)4/h23-31H,13-22H2,1-12H3. The molecule has 0 amide bonds. The Morgan fingerprint density at radius 1 is 0.533 bits per heavy atom. The molecule has 0 bridgehead atoms. The second-order valence-electron chi connectivity index (χ2n) is 19.8. The molecule has 2 unspecified atom stereocenters. The second kappa shape index (κ2) is 19.1. The number of aromatic nitrogens is 3. The molecule has 1 aromatic carbocycles. The molecule has 2 atom stereocenters. The lowest BCUT2D eigenvalue weighted by Gasteiger charge is -2.17. The number of rotatable bonds is 19. The Kier molecular flexibility index (Phi) is 14.5. The van der Waals surface area contributed by atoms with E-state index in [4.69, 9.17) is 24.4 Å². The molecule has 0 saturated carbocycles. The third kappa shape index (κ3) is 10.5. The number of hydrogen-bond donors (Lipinski definition) is 0. The first kappa shape index (κ1) is 45.6. The van der Waals surface area contributed by atoms with Crippen molar-refractivity contribution in [1.29, 1.82) is 0 Å². The molecule has 0 N–H and O–H groups in total. The Morgan fingerprint density at radius 3 is 1.68 bits per heavy atom. The van der Waals surface area contributed by atoms with Crippen LogP contribution < -0.4 is 9.47 Å². The van der Waals surface area contributed by atoms with E-state index < -0.39 is 0 Å². The Balaban J connectivity index is 1.25. The van der Waals surface area contributed by atoms with E-state index in [-0.39, 0.29) is 10.8 Å². The minimum absolute atomic E-state index is 0.0192. The van der Waals surface area contributed by atoms with Gasteiger partial charge in [0.1, 0.15) is 27.0 Å². The van der Waals surface area contributed by atoms with Crippen molar-refractivity contribution < 1.29 is 9.47 Å². The molecule has 0 aliphatic carbocycles. The highest BCUT2D eigenvalue weighted by Gasteiger charge is 2.28. The van der Waals surface area contributed by atoms with Crippen molar-refractivity contribution >= 4 is 98.4 Å². The highest BCUT2D eigenvalue weighted by molar-refractivity contribution is 7.33. The highest BCUT2D eigenvalue weighted by Crippen LogP contribution is 2.54. The molecule has 0 spiro atoms. The zero-order valence-electron chi connectivity index (χ0n) is 37.9. The molecule has 5 nitrogen and oxygen atoms in total. The molecule has 0 fully saturated rings. The number of thiophene rings is 3. The van der Waals surface area contributed by atoms with Crippen LogP contribution in [0.2, 0.25) is 0 Å². The summed E-state index contributed by atoms with van der Waals surface area (Å²) in [4.78, 5) is 22.1. The van der Waals surface area contributed by atoms with Crippen LogP contribution in [-0.4, -0.2) is 28.2 Å². The smallest absolute Gasteiger partial charge is 0.146 e. The fourth-order valence-corrected chi connectivity index (χ4v) is 14.3. The van der Waals surface area contributed by atoms with Gasteiger partial charge in [0.05, 0.1) is 47.5 Å². The van der Waals surface area contributed by atoms with Gasteiger partial charge < -0.3 is 9.47 Å². The lowest BCUT2D eigenvalue weighted by Crippen LogP contribution is -2.07. The molecule has 324 valence electrons. The lowest BCUT2D eigenvalue weighted by atomic mass is 9.94. The molecule has 6 aromatic heterocycles. The fourth-order valence-electron chi connectivity index (χ4n) is 7.51. The van der Waals surface area contributed by atoms with Crippen molar-refractivity contribution in [2.75, 3.05) is 13.2 Å². The quantitative estimate of drug-likeness (QED) is 0.0809. The Bertz CT molecular complexity index is 2410. The van der Waals surface area contributed by atoms with Gasteiger partial charge >= 0.3 is 0 Å². The summed E-state index contributed by atoms with van der Waals surface area (Å²) in [5.41, 5.74) is 3.07. The van der Waals surface area contributed by atoms with Crippen LogP contribution in [0.5, 0.6) is 11.5 Å². The zero-order chi connectivity index (χ0) is 42.9. The van der Waals surface area contributed by atoms with Crippen LogP contribution >= 0.6 is 68.0 Å². The van der Waals surface area contributed by atoms with Crippen LogP contribution in [-0.2, 0) is 10.8 Å². The Labute approximate surface area is 383 Å². The van der Waals surface area contributed by atoms with E-state index in [9.17, 15) is 0 Å². The van der Waals surface area contributed by atoms with Crippen molar-refractivity contribution in [3.8, 4) is 41.0 Å². The first-order chi connectivity index (χ1) is 28.5. The minimum atomic E-state index is 0.0192. The monoisotopic (exact) mass is 919 g/mol. The summed E-state index contributed by atoms with van der Waals surface area (Å²) < 4.78 is 17.6. The molecular weight excluding hydrogens is 855 g/mol. The number of ether oxygens (including phenoxy) is 2. The van der Waals surface area contributed by atoms with Crippen LogP contribution in [0.15, 0.2) is 30.0 Å². The average Bonchev–Trinajstić information content (AvgIpc) is 4.01. The molecule has 11 heteroatoms. The van der Waals surface area contributed by atoms with E-state index in [0.717, 1.165) is 66.8 Å². The SMILES string of the molecule is CC(C)CCCC(C)CCOc1c2cc(C(C)(C)C)sc2c(OCCC(C)CCCC(C)C)c2cc(-c3cnc(-c4sc(-c5ncc(C(C)(C)C)s5)c5ncsc45)s3)sc12. The summed E-state index contributed by atoms with van der Waals surface area (Å²) in [6.45, 7) is 29.2. The van der Waals surface area contributed by atoms with Crippen molar-refractivity contribution in [3.05, 3.63) is 39.8 Å². The van der Waals surface area contributed by atoms with E-state index >= 15 is 0 Å². The zero-order valence-corrected chi connectivity index (χ0v) is 42.8. The van der Waals surface area contributed by atoms with Gasteiger partial charge in [0.2, 0.25) is 0 Å². The molecule has 7 rings (SSSR count). The van der Waals surface area contributed by atoms with Gasteiger partial charge in [0, 0.05) is 37.8 Å². The number of hydrogen-bond acceptors (Lipinski definition) is 11. The molecular formula is C49H65N3O2S6. The maximum Gasteiger partial charge on any atom is 0.146 e. The van der Waals surface area contributed by atoms with Crippen molar-refractivity contribution in [3.63, 3.8) is 0 Å². The second-order valence-corrected chi connectivity index (χ2v) is 25.9. The topological polar surface area (TPSA) is 57.1 Å². The van der Waals surface area contributed by atoms with Crippen LogP contribution in [0.25, 0.3) is 59.9 Å². The van der Waals surface area contributed by atoms with Crippen LogP contribution in [0, 0.1) is 23.7 Å². The largest absolute Gasteiger partial charge is 0.491 e. The predicted molar refractivity (Wildman–Crippen MR) is 269 cm³/mol. The summed E-state index contributed by atoms with van der Waals surface area (Å²) in [5.74, 6) is 4.79. The Morgan fingerprint density at radius 2 is 1.10 bits per heavy atom. The molecule has 60 heavy (non-hydrogen) atoms. The first-order valence-electron chi connectivity index (χ1n) is 22.1. The molecule has 7 aromatic rings. The molecule has 6 heterocycles. The van der Waals surface area contributed by atoms with Gasteiger partial charge in [-0.25, -0.2) is 15.0 Å². The van der Waals surface area contributed by atoms with Crippen LogP contribution in [0.1, 0.15) is 144 Å². The van der Waals surface area contributed by atoms with Gasteiger partial charge in [0.25, 0.3) is 0 Å². The first-order valence-corrected chi connectivity index (χ1v) is 27.0. The summed E-state index contributed by atoms with van der Waals surface area (Å²) in [7, 11) is 0. The number of thiazole rings is 3. The van der Waals surface area contributed by atoms with E-state index in [2.05, 4.69) is 101 Å². The number of benzene rings is 1. The van der Waals surface area contributed by atoms with Crippen molar-refractivity contribution in [1.82, 2.24) is 15.0 Å². The third-order valence-electron chi connectivity index (χ3n) is 11.4. The third-order valence-corrected chi connectivity index (χ3v) is 19.1. The van der Waals surface area contributed by atoms with Gasteiger partial charge in [-0.05, 0) is 59.5 Å². The maximum atomic E-state index is 6.99. The highest BCUT2D eigenvalue weighted by atomic mass is 32.1. The maximum absolute atomic E-state index is 6.99. The van der Waals surface area contributed by atoms with Gasteiger partial charge in [-0.3, -0.25) is 0 Å². The summed E-state index contributed by atoms with van der Waals surface area (Å²) in [6, 6.07) is 4.76. The number of nitrogens with zero attached hydrogens (tertiary/aromatic N) is 3. The van der Waals surface area contributed by atoms with Gasteiger partial charge in [0.15, 0.2) is 0 Å².